The van der Waals surface area contributed by atoms with Crippen LogP contribution < -0.4 is 0 Å². The van der Waals surface area contributed by atoms with Crippen LogP contribution in [0.4, 0.5) is 0 Å². The fourth-order valence-electron chi connectivity index (χ4n) is 0.745. The Hall–Kier alpha value is -1.52. The lowest BCUT2D eigenvalue weighted by Crippen LogP contribution is -2.13. The zero-order valence-electron chi connectivity index (χ0n) is 7.48. The molecular weight excluding hydrogens is 176 g/mol. The highest BCUT2D eigenvalue weighted by molar-refractivity contribution is 5.87. The molecule has 2 N–H and O–H groups in total. The highest BCUT2D eigenvalue weighted by Crippen LogP contribution is 2.11. The fraction of sp³-hybridized carbons (Fsp3) is 0.500. The number of ether oxygens (including phenoxy) is 1. The van der Waals surface area contributed by atoms with Gasteiger partial charge in [-0.2, -0.15) is 0 Å². The zero-order chi connectivity index (χ0) is 10.4. The molecule has 0 aliphatic heterocycles. The molecule has 5 nitrogen and oxygen atoms in total. The Balaban J connectivity index is 4.36. The molecule has 0 saturated carbocycles. The molecule has 0 aliphatic rings. The molecule has 0 aliphatic carbocycles. The molecular formula is C8H12O5. The van der Waals surface area contributed by atoms with Gasteiger partial charge in [0.2, 0.25) is 0 Å². The minimum Gasteiger partial charge on any atom is -0.504 e. The number of hydrogen-bond acceptors (Lipinski definition) is 3. The molecule has 0 amide bonds. The molecule has 0 spiro atoms. The van der Waals surface area contributed by atoms with Gasteiger partial charge in [0.1, 0.15) is 0 Å². The topological polar surface area (TPSA) is 83.8 Å². The molecule has 0 saturated heterocycles. The van der Waals surface area contributed by atoms with Gasteiger partial charge in [-0.1, -0.05) is 6.92 Å². The Kier molecular flexibility index (Phi) is 4.58. The fourth-order valence-corrected chi connectivity index (χ4v) is 0.745. The predicted molar refractivity (Wildman–Crippen MR) is 44.1 cm³/mol. The largest absolute Gasteiger partial charge is 0.504 e. The van der Waals surface area contributed by atoms with Crippen molar-refractivity contribution < 1.29 is 24.5 Å². The van der Waals surface area contributed by atoms with E-state index in [4.69, 9.17) is 10.2 Å². The van der Waals surface area contributed by atoms with Crippen LogP contribution >= 0.6 is 0 Å². The second-order valence-corrected chi connectivity index (χ2v) is 2.63. The van der Waals surface area contributed by atoms with E-state index in [0.717, 1.165) is 6.26 Å². The molecule has 0 bridgehead atoms. The predicted octanol–water partition coefficient (Wildman–Crippen LogP) is 0.712. The van der Waals surface area contributed by atoms with E-state index in [2.05, 4.69) is 4.74 Å². The summed E-state index contributed by atoms with van der Waals surface area (Å²) in [5, 5.41) is 17.1. The van der Waals surface area contributed by atoms with Gasteiger partial charge in [-0.25, -0.2) is 4.79 Å². The normalized spacial score (nSPS) is 13.5. The van der Waals surface area contributed by atoms with Crippen molar-refractivity contribution in [2.75, 3.05) is 7.11 Å². The quantitative estimate of drug-likeness (QED) is 0.490. The first kappa shape index (κ1) is 11.5. The second kappa shape index (κ2) is 5.18. The number of methoxy groups -OCH3 is 1. The summed E-state index contributed by atoms with van der Waals surface area (Å²) in [5.74, 6) is -2.91. The van der Waals surface area contributed by atoms with Gasteiger partial charge in [0.05, 0.1) is 24.9 Å². The van der Waals surface area contributed by atoms with E-state index in [1.165, 1.54) is 14.0 Å². The van der Waals surface area contributed by atoms with E-state index in [9.17, 15) is 9.59 Å². The summed E-state index contributed by atoms with van der Waals surface area (Å²) in [5.41, 5.74) is -0.0441. The molecule has 0 aromatic heterocycles. The smallest absolute Gasteiger partial charge is 0.334 e. The SMILES string of the molecule is COC=C(CC(C)C(=O)O)C(=O)O. The maximum atomic E-state index is 10.5. The van der Waals surface area contributed by atoms with Crippen LogP contribution in [0.25, 0.3) is 0 Å². The highest BCUT2D eigenvalue weighted by atomic mass is 16.5. The van der Waals surface area contributed by atoms with Crippen LogP contribution in [0.5, 0.6) is 0 Å². The van der Waals surface area contributed by atoms with Crippen molar-refractivity contribution in [3.8, 4) is 0 Å². The van der Waals surface area contributed by atoms with Gasteiger partial charge in [0.25, 0.3) is 0 Å². The first-order chi connectivity index (χ1) is 5.99. The van der Waals surface area contributed by atoms with Crippen molar-refractivity contribution >= 4 is 11.9 Å². The molecule has 1 atom stereocenters. The van der Waals surface area contributed by atoms with Gasteiger partial charge < -0.3 is 14.9 Å². The van der Waals surface area contributed by atoms with Crippen molar-refractivity contribution in [2.45, 2.75) is 13.3 Å². The van der Waals surface area contributed by atoms with Gasteiger partial charge in [-0.3, -0.25) is 4.79 Å². The Bertz CT molecular complexity index is 231. The van der Waals surface area contributed by atoms with Crippen LogP contribution in [-0.4, -0.2) is 29.3 Å². The number of aliphatic carboxylic acids is 2. The van der Waals surface area contributed by atoms with Crippen molar-refractivity contribution in [3.05, 3.63) is 11.8 Å². The average Bonchev–Trinajstić information content (AvgIpc) is 2.03. The lowest BCUT2D eigenvalue weighted by atomic mass is 10.0. The molecule has 0 aromatic carbocycles. The maximum absolute atomic E-state index is 10.5. The molecule has 74 valence electrons. The van der Waals surface area contributed by atoms with E-state index in [0.29, 0.717) is 0 Å². The second-order valence-electron chi connectivity index (χ2n) is 2.63. The number of carboxylic acids is 2. The van der Waals surface area contributed by atoms with Crippen molar-refractivity contribution in [3.63, 3.8) is 0 Å². The summed E-state index contributed by atoms with van der Waals surface area (Å²) >= 11 is 0. The van der Waals surface area contributed by atoms with Crippen molar-refractivity contribution in [1.29, 1.82) is 0 Å². The molecule has 0 aromatic rings. The van der Waals surface area contributed by atoms with E-state index in [1.54, 1.807) is 0 Å². The average molecular weight is 188 g/mol. The van der Waals surface area contributed by atoms with Crippen LogP contribution in [0.15, 0.2) is 11.8 Å². The zero-order valence-corrected chi connectivity index (χ0v) is 7.48. The van der Waals surface area contributed by atoms with E-state index >= 15 is 0 Å². The molecule has 0 rings (SSSR count). The third-order valence-corrected chi connectivity index (χ3v) is 1.48. The Morgan fingerprint density at radius 2 is 2.00 bits per heavy atom. The first-order valence-corrected chi connectivity index (χ1v) is 3.67. The van der Waals surface area contributed by atoms with Gasteiger partial charge in [-0.15, -0.1) is 0 Å². The third-order valence-electron chi connectivity index (χ3n) is 1.48. The summed E-state index contributed by atoms with van der Waals surface area (Å²) in [6.07, 6.45) is 1.00. The summed E-state index contributed by atoms with van der Waals surface area (Å²) in [4.78, 5) is 20.9. The van der Waals surface area contributed by atoms with Gasteiger partial charge in [0.15, 0.2) is 0 Å². The van der Waals surface area contributed by atoms with Crippen LogP contribution in [0, 0.1) is 5.92 Å². The maximum Gasteiger partial charge on any atom is 0.334 e. The molecule has 0 fully saturated rings. The number of carbonyl (C=O) groups is 2. The molecule has 1 unspecified atom stereocenters. The molecule has 0 heterocycles. The van der Waals surface area contributed by atoms with E-state index in [1.807, 2.05) is 0 Å². The van der Waals surface area contributed by atoms with E-state index in [-0.39, 0.29) is 12.0 Å². The van der Waals surface area contributed by atoms with Gasteiger partial charge in [0, 0.05) is 0 Å². The number of carboxylic acid groups (broad SMARTS) is 2. The highest BCUT2D eigenvalue weighted by Gasteiger charge is 2.17. The van der Waals surface area contributed by atoms with Gasteiger partial charge >= 0.3 is 11.9 Å². The molecule has 0 radical (unpaired) electrons. The standard InChI is InChI=1S/C8H12O5/c1-5(7(9)10)3-6(4-13-2)8(11)12/h4-5H,3H2,1-2H3,(H,9,10)(H,11,12). The Labute approximate surface area is 75.6 Å². The Morgan fingerprint density at radius 3 is 2.31 bits per heavy atom. The monoisotopic (exact) mass is 188 g/mol. The van der Waals surface area contributed by atoms with Crippen molar-refractivity contribution in [1.82, 2.24) is 0 Å². The lowest BCUT2D eigenvalue weighted by molar-refractivity contribution is -0.141. The van der Waals surface area contributed by atoms with Crippen LogP contribution in [-0.2, 0) is 14.3 Å². The summed E-state index contributed by atoms with van der Waals surface area (Å²) in [6.45, 7) is 1.44. The molecule has 5 heteroatoms. The minimum atomic E-state index is -1.16. The first-order valence-electron chi connectivity index (χ1n) is 3.67. The lowest BCUT2D eigenvalue weighted by Gasteiger charge is -2.05. The number of rotatable bonds is 5. The van der Waals surface area contributed by atoms with E-state index < -0.39 is 17.9 Å². The summed E-state index contributed by atoms with van der Waals surface area (Å²) < 4.78 is 4.51. The summed E-state index contributed by atoms with van der Waals surface area (Å²) in [6, 6.07) is 0. The Morgan fingerprint density at radius 1 is 1.46 bits per heavy atom. The van der Waals surface area contributed by atoms with Crippen LogP contribution in [0.3, 0.4) is 0 Å². The molecule has 13 heavy (non-hydrogen) atoms. The number of hydrogen-bond donors (Lipinski definition) is 2. The van der Waals surface area contributed by atoms with Crippen LogP contribution in [0.2, 0.25) is 0 Å². The van der Waals surface area contributed by atoms with Crippen LogP contribution in [0.1, 0.15) is 13.3 Å². The van der Waals surface area contributed by atoms with Gasteiger partial charge in [-0.05, 0) is 6.42 Å². The minimum absolute atomic E-state index is 0.0431. The third kappa shape index (κ3) is 4.15. The van der Waals surface area contributed by atoms with Crippen molar-refractivity contribution in [2.24, 2.45) is 5.92 Å². The summed E-state index contributed by atoms with van der Waals surface area (Å²) in [7, 11) is 1.31.